The molecule has 0 heterocycles. The Bertz CT molecular complexity index is 222. The van der Waals surface area contributed by atoms with E-state index in [9.17, 15) is 4.79 Å². The van der Waals surface area contributed by atoms with Gasteiger partial charge in [-0.1, -0.05) is 13.8 Å². The molecule has 3 nitrogen and oxygen atoms in total. The summed E-state index contributed by atoms with van der Waals surface area (Å²) in [6, 6.07) is 0. The number of hydrogen-bond donors (Lipinski definition) is 1. The molecular formula is C13H25NO2. The number of rotatable bonds is 6. The molecule has 1 fully saturated rings. The van der Waals surface area contributed by atoms with E-state index in [-0.39, 0.29) is 11.6 Å². The first-order chi connectivity index (χ1) is 7.64. The fourth-order valence-electron chi connectivity index (χ4n) is 2.55. The lowest BCUT2D eigenvalue weighted by atomic mass is 9.85. The maximum absolute atomic E-state index is 11.7. The van der Waals surface area contributed by atoms with Crippen LogP contribution in [0.25, 0.3) is 0 Å². The third-order valence-electron chi connectivity index (χ3n) is 3.86. The second kappa shape index (κ2) is 6.24. The van der Waals surface area contributed by atoms with Crippen molar-refractivity contribution < 1.29 is 9.53 Å². The predicted molar refractivity (Wildman–Crippen MR) is 65.3 cm³/mol. The average molecular weight is 227 g/mol. The van der Waals surface area contributed by atoms with Gasteiger partial charge in [0.25, 0.3) is 0 Å². The van der Waals surface area contributed by atoms with Gasteiger partial charge in [0, 0.05) is 6.54 Å². The summed E-state index contributed by atoms with van der Waals surface area (Å²) in [5.74, 6) is 0.435. The molecule has 1 aliphatic carbocycles. The zero-order chi connectivity index (χ0) is 12.0. The van der Waals surface area contributed by atoms with Gasteiger partial charge in [0.15, 0.2) is 0 Å². The lowest BCUT2D eigenvalue weighted by molar-refractivity contribution is -0.165. The van der Waals surface area contributed by atoms with E-state index < -0.39 is 0 Å². The Morgan fingerprint density at radius 1 is 1.44 bits per heavy atom. The Morgan fingerprint density at radius 2 is 2.06 bits per heavy atom. The summed E-state index contributed by atoms with van der Waals surface area (Å²) in [7, 11) is 1.85. The van der Waals surface area contributed by atoms with Gasteiger partial charge in [0.2, 0.25) is 0 Å². The SMILES string of the molecule is CCC(C)C1(OC(=O)CCNC)CCCC1. The first-order valence-electron chi connectivity index (χ1n) is 6.51. The first-order valence-corrected chi connectivity index (χ1v) is 6.51. The van der Waals surface area contributed by atoms with E-state index in [4.69, 9.17) is 4.74 Å². The molecule has 1 saturated carbocycles. The summed E-state index contributed by atoms with van der Waals surface area (Å²) in [6.45, 7) is 5.08. The zero-order valence-electron chi connectivity index (χ0n) is 10.8. The Hall–Kier alpha value is -0.570. The van der Waals surface area contributed by atoms with Crippen molar-refractivity contribution in [3.8, 4) is 0 Å². The number of hydrogen-bond acceptors (Lipinski definition) is 3. The summed E-state index contributed by atoms with van der Waals surface area (Å²) in [5, 5.41) is 2.98. The molecule has 3 heteroatoms. The van der Waals surface area contributed by atoms with Gasteiger partial charge in [0.05, 0.1) is 6.42 Å². The van der Waals surface area contributed by atoms with Crippen LogP contribution in [0.1, 0.15) is 52.4 Å². The van der Waals surface area contributed by atoms with Crippen LogP contribution in [-0.2, 0) is 9.53 Å². The molecule has 0 aromatic heterocycles. The minimum Gasteiger partial charge on any atom is -0.459 e. The van der Waals surface area contributed by atoms with Gasteiger partial charge in [-0.2, -0.15) is 0 Å². The molecule has 0 aromatic carbocycles. The standard InChI is InChI=1S/C13H25NO2/c1-4-11(2)13(8-5-6-9-13)16-12(15)7-10-14-3/h11,14H,4-10H2,1-3H3. The molecule has 0 spiro atoms. The number of carbonyl (C=O) groups excluding carboxylic acids is 1. The number of nitrogens with one attached hydrogen (secondary N) is 1. The quantitative estimate of drug-likeness (QED) is 0.709. The highest BCUT2D eigenvalue weighted by Gasteiger charge is 2.41. The van der Waals surface area contributed by atoms with E-state index in [2.05, 4.69) is 19.2 Å². The summed E-state index contributed by atoms with van der Waals surface area (Å²) < 4.78 is 5.77. The van der Waals surface area contributed by atoms with Crippen LogP contribution in [0.2, 0.25) is 0 Å². The number of ether oxygens (including phenoxy) is 1. The third-order valence-corrected chi connectivity index (χ3v) is 3.86. The van der Waals surface area contributed by atoms with Crippen LogP contribution in [0.15, 0.2) is 0 Å². The Balaban J connectivity index is 2.54. The molecule has 0 bridgehead atoms. The topological polar surface area (TPSA) is 38.3 Å². The largest absolute Gasteiger partial charge is 0.459 e. The van der Waals surface area contributed by atoms with E-state index in [1.54, 1.807) is 0 Å². The van der Waals surface area contributed by atoms with Gasteiger partial charge >= 0.3 is 5.97 Å². The van der Waals surface area contributed by atoms with Crippen molar-refractivity contribution in [1.29, 1.82) is 0 Å². The lowest BCUT2D eigenvalue weighted by Crippen LogP contribution is -2.39. The molecule has 94 valence electrons. The van der Waals surface area contributed by atoms with Crippen molar-refractivity contribution in [2.24, 2.45) is 5.92 Å². The van der Waals surface area contributed by atoms with Gasteiger partial charge < -0.3 is 10.1 Å². The van der Waals surface area contributed by atoms with Crippen LogP contribution in [0, 0.1) is 5.92 Å². The number of carbonyl (C=O) groups is 1. The van der Waals surface area contributed by atoms with E-state index in [0.29, 0.717) is 18.9 Å². The highest BCUT2D eigenvalue weighted by atomic mass is 16.6. The Kier molecular flexibility index (Phi) is 5.26. The molecule has 1 unspecified atom stereocenters. The van der Waals surface area contributed by atoms with E-state index in [1.165, 1.54) is 12.8 Å². The predicted octanol–water partition coefficient (Wildman–Crippen LogP) is 2.50. The molecule has 0 saturated heterocycles. The summed E-state index contributed by atoms with van der Waals surface area (Å²) in [6.07, 6.45) is 6.06. The van der Waals surface area contributed by atoms with Crippen molar-refractivity contribution in [3.05, 3.63) is 0 Å². The normalized spacial score (nSPS) is 20.7. The molecule has 0 aromatic rings. The molecular weight excluding hydrogens is 202 g/mol. The summed E-state index contributed by atoms with van der Waals surface area (Å²) in [4.78, 5) is 11.7. The smallest absolute Gasteiger partial charge is 0.307 e. The van der Waals surface area contributed by atoms with Gasteiger partial charge in [-0.05, 0) is 45.1 Å². The summed E-state index contributed by atoms with van der Waals surface area (Å²) in [5.41, 5.74) is -0.153. The van der Waals surface area contributed by atoms with Crippen molar-refractivity contribution in [2.45, 2.75) is 58.0 Å². The van der Waals surface area contributed by atoms with Gasteiger partial charge in [-0.15, -0.1) is 0 Å². The minimum absolute atomic E-state index is 0.0449. The van der Waals surface area contributed by atoms with Gasteiger partial charge in [-0.25, -0.2) is 0 Å². The zero-order valence-corrected chi connectivity index (χ0v) is 10.8. The Morgan fingerprint density at radius 3 is 2.56 bits per heavy atom. The molecule has 1 rings (SSSR count). The van der Waals surface area contributed by atoms with Crippen molar-refractivity contribution in [1.82, 2.24) is 5.32 Å². The van der Waals surface area contributed by atoms with Crippen molar-refractivity contribution in [3.63, 3.8) is 0 Å². The van der Waals surface area contributed by atoms with Crippen LogP contribution in [0.4, 0.5) is 0 Å². The van der Waals surface area contributed by atoms with E-state index in [1.807, 2.05) is 7.05 Å². The molecule has 1 N–H and O–H groups in total. The second-order valence-corrected chi connectivity index (χ2v) is 4.91. The third kappa shape index (κ3) is 3.21. The minimum atomic E-state index is -0.153. The van der Waals surface area contributed by atoms with E-state index >= 15 is 0 Å². The molecule has 1 aliphatic rings. The van der Waals surface area contributed by atoms with Crippen LogP contribution in [0.3, 0.4) is 0 Å². The van der Waals surface area contributed by atoms with E-state index in [0.717, 1.165) is 19.3 Å². The maximum atomic E-state index is 11.7. The molecule has 0 amide bonds. The molecule has 1 atom stereocenters. The Labute approximate surface area is 98.9 Å². The fourth-order valence-corrected chi connectivity index (χ4v) is 2.55. The van der Waals surface area contributed by atoms with Crippen LogP contribution >= 0.6 is 0 Å². The van der Waals surface area contributed by atoms with Crippen molar-refractivity contribution in [2.75, 3.05) is 13.6 Å². The highest BCUT2D eigenvalue weighted by Crippen LogP contribution is 2.40. The summed E-state index contributed by atoms with van der Waals surface area (Å²) >= 11 is 0. The van der Waals surface area contributed by atoms with Crippen LogP contribution in [-0.4, -0.2) is 25.2 Å². The van der Waals surface area contributed by atoms with Crippen LogP contribution < -0.4 is 5.32 Å². The molecule has 0 aliphatic heterocycles. The fraction of sp³-hybridized carbons (Fsp3) is 0.923. The van der Waals surface area contributed by atoms with Crippen molar-refractivity contribution >= 4 is 5.97 Å². The lowest BCUT2D eigenvalue weighted by Gasteiger charge is -2.34. The highest BCUT2D eigenvalue weighted by molar-refractivity contribution is 5.70. The monoisotopic (exact) mass is 227 g/mol. The second-order valence-electron chi connectivity index (χ2n) is 4.91. The van der Waals surface area contributed by atoms with Gasteiger partial charge in [-0.3, -0.25) is 4.79 Å². The van der Waals surface area contributed by atoms with Crippen LogP contribution in [0.5, 0.6) is 0 Å². The first kappa shape index (κ1) is 13.5. The van der Waals surface area contributed by atoms with Gasteiger partial charge in [0.1, 0.15) is 5.60 Å². The molecule has 0 radical (unpaired) electrons. The number of esters is 1. The maximum Gasteiger partial charge on any atom is 0.307 e. The molecule has 16 heavy (non-hydrogen) atoms. The average Bonchev–Trinajstić information content (AvgIpc) is 2.75.